The van der Waals surface area contributed by atoms with Crippen molar-refractivity contribution in [2.45, 2.75) is 75.9 Å². The molecule has 0 saturated heterocycles. The van der Waals surface area contributed by atoms with Crippen molar-refractivity contribution in [2.24, 2.45) is 5.92 Å². The number of aliphatic hydroxyl groups excluding tert-OH is 1. The maximum absolute atomic E-state index is 10.2. The van der Waals surface area contributed by atoms with Crippen LogP contribution in [0.25, 0.3) is 0 Å². The van der Waals surface area contributed by atoms with E-state index in [0.717, 1.165) is 31.6 Å². The van der Waals surface area contributed by atoms with Gasteiger partial charge in [-0.15, -0.1) is 0 Å². The molecule has 16 heavy (non-hydrogen) atoms. The van der Waals surface area contributed by atoms with Gasteiger partial charge in [-0.05, 0) is 31.6 Å². The summed E-state index contributed by atoms with van der Waals surface area (Å²) in [4.78, 5) is 0. The average Bonchev–Trinajstić information content (AvgIpc) is 2.25. The van der Waals surface area contributed by atoms with Crippen LogP contribution in [0.3, 0.4) is 0 Å². The monoisotopic (exact) mass is 226 g/mol. The van der Waals surface area contributed by atoms with Gasteiger partial charge in [-0.25, -0.2) is 0 Å². The molecular formula is C14H26O2. The number of rotatable bonds is 5. The molecule has 0 aromatic heterocycles. The molecule has 2 heteroatoms. The Bertz CT molecular complexity index is 199. The first-order valence-corrected chi connectivity index (χ1v) is 6.97. The molecule has 0 amide bonds. The molecule has 0 heterocycles. The Morgan fingerprint density at radius 2 is 1.88 bits per heavy atom. The van der Waals surface area contributed by atoms with Crippen molar-refractivity contribution in [3.8, 4) is 0 Å². The quantitative estimate of drug-likeness (QED) is 0.779. The lowest BCUT2D eigenvalue weighted by Gasteiger charge is -2.42. The fourth-order valence-corrected chi connectivity index (χ4v) is 3.38. The largest absolute Gasteiger partial charge is 0.393 e. The number of hydrogen-bond acceptors (Lipinski definition) is 2. The Morgan fingerprint density at radius 3 is 2.38 bits per heavy atom. The van der Waals surface area contributed by atoms with Crippen molar-refractivity contribution in [1.29, 1.82) is 0 Å². The van der Waals surface area contributed by atoms with E-state index in [1.807, 2.05) is 0 Å². The highest BCUT2D eigenvalue weighted by atomic mass is 16.5. The summed E-state index contributed by atoms with van der Waals surface area (Å²) >= 11 is 0. The fraction of sp³-hybridized carbons (Fsp3) is 1.00. The van der Waals surface area contributed by atoms with E-state index in [9.17, 15) is 5.11 Å². The van der Waals surface area contributed by atoms with Crippen LogP contribution in [0.2, 0.25) is 0 Å². The van der Waals surface area contributed by atoms with Gasteiger partial charge in [0.05, 0.1) is 11.7 Å². The average molecular weight is 226 g/mol. The number of methoxy groups -OCH3 is 1. The predicted octanol–water partition coefficient (Wildman–Crippen LogP) is 3.28. The Hall–Kier alpha value is -0.0800. The summed E-state index contributed by atoms with van der Waals surface area (Å²) < 4.78 is 5.57. The van der Waals surface area contributed by atoms with Gasteiger partial charge in [-0.3, -0.25) is 0 Å². The maximum Gasteiger partial charge on any atom is 0.0703 e. The van der Waals surface area contributed by atoms with Crippen molar-refractivity contribution in [3.05, 3.63) is 0 Å². The molecular weight excluding hydrogens is 200 g/mol. The molecule has 0 bridgehead atoms. The Morgan fingerprint density at radius 1 is 1.19 bits per heavy atom. The van der Waals surface area contributed by atoms with Crippen LogP contribution in [-0.2, 0) is 4.74 Å². The normalized spacial score (nSPS) is 27.4. The zero-order chi connectivity index (χ0) is 11.4. The number of ether oxygens (including phenoxy) is 1. The zero-order valence-corrected chi connectivity index (χ0v) is 10.6. The topological polar surface area (TPSA) is 29.5 Å². The van der Waals surface area contributed by atoms with Crippen LogP contribution in [-0.4, -0.2) is 23.9 Å². The van der Waals surface area contributed by atoms with Crippen LogP contribution >= 0.6 is 0 Å². The Balaban J connectivity index is 1.72. The summed E-state index contributed by atoms with van der Waals surface area (Å²) in [5, 5.41) is 10.2. The van der Waals surface area contributed by atoms with E-state index in [1.165, 1.54) is 38.5 Å². The molecule has 0 aromatic rings. The van der Waals surface area contributed by atoms with Crippen molar-refractivity contribution < 1.29 is 9.84 Å². The minimum absolute atomic E-state index is 0.0358. The summed E-state index contributed by atoms with van der Waals surface area (Å²) in [5.74, 6) is 0.776. The Labute approximate surface area is 99.4 Å². The Kier molecular flexibility index (Phi) is 4.26. The number of aliphatic hydroxyl groups is 1. The molecule has 1 unspecified atom stereocenters. The van der Waals surface area contributed by atoms with Crippen LogP contribution in [0.1, 0.15) is 64.2 Å². The minimum Gasteiger partial charge on any atom is -0.393 e. The van der Waals surface area contributed by atoms with Crippen molar-refractivity contribution in [2.75, 3.05) is 7.11 Å². The molecule has 2 nitrogen and oxygen atoms in total. The van der Waals surface area contributed by atoms with Crippen molar-refractivity contribution >= 4 is 0 Å². The van der Waals surface area contributed by atoms with E-state index in [-0.39, 0.29) is 11.7 Å². The highest BCUT2D eigenvalue weighted by Gasteiger charge is 2.39. The number of hydrogen-bond donors (Lipinski definition) is 1. The SMILES string of the molecule is COC1(CC(O)CC2CCCCC2)CCC1. The van der Waals surface area contributed by atoms with E-state index < -0.39 is 0 Å². The molecule has 2 fully saturated rings. The van der Waals surface area contributed by atoms with Gasteiger partial charge in [0.1, 0.15) is 0 Å². The molecule has 1 N–H and O–H groups in total. The smallest absolute Gasteiger partial charge is 0.0703 e. The van der Waals surface area contributed by atoms with E-state index in [4.69, 9.17) is 4.74 Å². The summed E-state index contributed by atoms with van der Waals surface area (Å²) in [7, 11) is 1.80. The molecule has 0 spiro atoms. The third-order valence-electron chi connectivity index (χ3n) is 4.64. The van der Waals surface area contributed by atoms with Gasteiger partial charge in [0.2, 0.25) is 0 Å². The van der Waals surface area contributed by atoms with Crippen LogP contribution < -0.4 is 0 Å². The highest BCUT2D eigenvalue weighted by molar-refractivity contribution is 4.91. The minimum atomic E-state index is -0.136. The highest BCUT2D eigenvalue weighted by Crippen LogP contribution is 2.40. The zero-order valence-electron chi connectivity index (χ0n) is 10.6. The summed E-state index contributed by atoms with van der Waals surface area (Å²) in [6.07, 6.45) is 12.1. The molecule has 2 saturated carbocycles. The summed E-state index contributed by atoms with van der Waals surface area (Å²) in [6.45, 7) is 0. The van der Waals surface area contributed by atoms with Gasteiger partial charge in [0.25, 0.3) is 0 Å². The molecule has 0 aliphatic heterocycles. The molecule has 2 aliphatic rings. The lowest BCUT2D eigenvalue weighted by Crippen LogP contribution is -2.42. The van der Waals surface area contributed by atoms with Gasteiger partial charge in [-0.1, -0.05) is 32.1 Å². The third-order valence-corrected chi connectivity index (χ3v) is 4.64. The second-order valence-corrected chi connectivity index (χ2v) is 5.84. The van der Waals surface area contributed by atoms with Crippen molar-refractivity contribution in [1.82, 2.24) is 0 Å². The van der Waals surface area contributed by atoms with Gasteiger partial charge in [-0.2, -0.15) is 0 Å². The van der Waals surface area contributed by atoms with Crippen LogP contribution in [0.15, 0.2) is 0 Å². The fourth-order valence-electron chi connectivity index (χ4n) is 3.38. The second kappa shape index (κ2) is 5.50. The standard InChI is InChI=1S/C14H26O2/c1-16-14(8-5-9-14)11-13(15)10-12-6-3-2-4-7-12/h12-13,15H,2-11H2,1H3. The summed E-state index contributed by atoms with van der Waals surface area (Å²) in [6, 6.07) is 0. The molecule has 2 aliphatic carbocycles. The van der Waals surface area contributed by atoms with Crippen LogP contribution in [0, 0.1) is 5.92 Å². The first-order valence-electron chi connectivity index (χ1n) is 6.97. The van der Waals surface area contributed by atoms with Gasteiger partial charge in [0.15, 0.2) is 0 Å². The first-order chi connectivity index (χ1) is 7.74. The molecule has 0 radical (unpaired) electrons. The lowest BCUT2D eigenvalue weighted by atomic mass is 9.74. The third kappa shape index (κ3) is 2.98. The molecule has 1 atom stereocenters. The first kappa shape index (κ1) is 12.4. The van der Waals surface area contributed by atoms with E-state index in [2.05, 4.69) is 0 Å². The maximum atomic E-state index is 10.2. The van der Waals surface area contributed by atoms with Gasteiger partial charge in [0, 0.05) is 13.5 Å². The van der Waals surface area contributed by atoms with Crippen LogP contribution in [0.4, 0.5) is 0 Å². The predicted molar refractivity (Wildman–Crippen MR) is 65.4 cm³/mol. The van der Waals surface area contributed by atoms with Gasteiger partial charge < -0.3 is 9.84 Å². The van der Waals surface area contributed by atoms with Gasteiger partial charge >= 0.3 is 0 Å². The molecule has 0 aromatic carbocycles. The molecule has 2 rings (SSSR count). The van der Waals surface area contributed by atoms with Crippen LogP contribution in [0.5, 0.6) is 0 Å². The second-order valence-electron chi connectivity index (χ2n) is 5.84. The van der Waals surface area contributed by atoms with E-state index in [0.29, 0.717) is 0 Å². The molecule has 94 valence electrons. The lowest BCUT2D eigenvalue weighted by molar-refractivity contribution is -0.102. The van der Waals surface area contributed by atoms with E-state index >= 15 is 0 Å². The van der Waals surface area contributed by atoms with Crippen molar-refractivity contribution in [3.63, 3.8) is 0 Å². The summed E-state index contributed by atoms with van der Waals surface area (Å²) in [5.41, 5.74) is 0.0358. The van der Waals surface area contributed by atoms with E-state index in [1.54, 1.807) is 7.11 Å².